The molecule has 1 aliphatic rings. The molecule has 0 saturated carbocycles. The average molecular weight is 266 g/mol. The van der Waals surface area contributed by atoms with Gasteiger partial charge in [0.15, 0.2) is 0 Å². The van der Waals surface area contributed by atoms with E-state index in [4.69, 9.17) is 0 Å². The quantitative estimate of drug-likeness (QED) is 0.503. The summed E-state index contributed by atoms with van der Waals surface area (Å²) < 4.78 is 12.7. The molecule has 0 atom stereocenters. The molecule has 1 saturated heterocycles. The Morgan fingerprint density at radius 2 is 1.62 bits per heavy atom. The van der Waals surface area contributed by atoms with Crippen molar-refractivity contribution in [2.24, 2.45) is 0 Å². The number of hydrogen-bond acceptors (Lipinski definition) is 0. The summed E-state index contributed by atoms with van der Waals surface area (Å²) in [5.74, 6) is 0.526. The Morgan fingerprint density at radius 1 is 1.12 bits per heavy atom. The van der Waals surface area contributed by atoms with Gasteiger partial charge in [0.2, 0.25) is 0 Å². The van der Waals surface area contributed by atoms with Crippen LogP contribution in [0.4, 0.5) is 4.39 Å². The van der Waals surface area contributed by atoms with Gasteiger partial charge in [-0.15, -0.1) is 8.80 Å². The molecule has 0 aliphatic carbocycles. The van der Waals surface area contributed by atoms with Crippen LogP contribution in [0.15, 0.2) is 24.3 Å². The minimum absolute atomic E-state index is 0. The summed E-state index contributed by atoms with van der Waals surface area (Å²) in [4.78, 5) is 0. The van der Waals surface area contributed by atoms with Gasteiger partial charge in [0.1, 0.15) is 5.82 Å². The van der Waals surface area contributed by atoms with Crippen molar-refractivity contribution in [2.45, 2.75) is 30.8 Å². The Kier molecular flexibility index (Phi) is 7.90. The summed E-state index contributed by atoms with van der Waals surface area (Å²) in [6.07, 6.45) is 2.51. The van der Waals surface area contributed by atoms with E-state index in [2.05, 4.69) is 6.55 Å². The Morgan fingerprint density at radius 3 is 2.12 bits per heavy atom. The first-order chi connectivity index (χ1) is 6.75. The van der Waals surface area contributed by atoms with Crippen molar-refractivity contribution in [1.82, 2.24) is 0 Å². The molecular formula is C12H15ClFMgSi. The maximum Gasteiger partial charge on any atom is 2.00 e. The van der Waals surface area contributed by atoms with E-state index in [0.29, 0.717) is 5.92 Å². The third-order valence-corrected chi connectivity index (χ3v) is 5.03. The van der Waals surface area contributed by atoms with Crippen LogP contribution < -0.4 is 12.4 Å². The fraction of sp³-hybridized carbons (Fsp3) is 0.417. The molecular weight excluding hydrogens is 251 g/mol. The van der Waals surface area contributed by atoms with Crippen molar-refractivity contribution in [3.05, 3.63) is 42.2 Å². The maximum absolute atomic E-state index is 12.7. The minimum atomic E-state index is -0.265. The number of benzene rings is 1. The number of hydrogen-bond donors (Lipinski definition) is 0. The zero-order valence-corrected chi connectivity index (χ0v) is 12.6. The molecule has 0 nitrogen and oxygen atoms in total. The molecule has 1 aromatic carbocycles. The van der Waals surface area contributed by atoms with Crippen LogP contribution in [0.2, 0.25) is 12.1 Å². The van der Waals surface area contributed by atoms with E-state index in [9.17, 15) is 4.39 Å². The van der Waals surface area contributed by atoms with Crippen molar-refractivity contribution in [2.75, 3.05) is 0 Å². The third kappa shape index (κ3) is 4.36. The van der Waals surface area contributed by atoms with E-state index in [0.717, 1.165) is 0 Å². The van der Waals surface area contributed by atoms with Gasteiger partial charge in [0, 0.05) is 0 Å². The maximum atomic E-state index is 12.7. The molecule has 0 N–H and O–H groups in total. The van der Waals surface area contributed by atoms with E-state index < -0.39 is 0 Å². The second-order valence-corrected chi connectivity index (χ2v) is 6.58. The summed E-state index contributed by atoms with van der Waals surface area (Å²) in [7, 11) is -0.265. The fourth-order valence-corrected chi connectivity index (χ4v) is 3.86. The summed E-state index contributed by atoms with van der Waals surface area (Å²) in [6, 6.07) is 9.63. The van der Waals surface area contributed by atoms with Crippen LogP contribution in [0.25, 0.3) is 0 Å². The average Bonchev–Trinajstić information content (AvgIpc) is 2.21. The smallest absolute Gasteiger partial charge is 1.00 e. The molecule has 0 aromatic heterocycles. The summed E-state index contributed by atoms with van der Waals surface area (Å²) in [5.41, 5.74) is 1.31. The first-order valence-electron chi connectivity index (χ1n) is 5.18. The van der Waals surface area contributed by atoms with Gasteiger partial charge in [-0.05, 0) is 23.6 Å². The number of rotatable bonds is 1. The fourth-order valence-electron chi connectivity index (χ4n) is 2.09. The number of halogens is 2. The van der Waals surface area contributed by atoms with E-state index in [1.54, 1.807) is 12.1 Å². The molecule has 0 unspecified atom stereocenters. The van der Waals surface area contributed by atoms with E-state index in [1.807, 2.05) is 12.1 Å². The molecule has 1 fully saturated rings. The van der Waals surface area contributed by atoms with Gasteiger partial charge in [-0.3, -0.25) is 0 Å². The molecule has 0 amide bonds. The summed E-state index contributed by atoms with van der Waals surface area (Å²) in [5, 5.41) is 0. The van der Waals surface area contributed by atoms with Crippen molar-refractivity contribution in [1.29, 1.82) is 0 Å². The Balaban J connectivity index is 0.00000112. The SMILES string of the molecule is [CH2-][Si]1CCC(c2ccc(F)cc2)CC1.[Cl-].[Mg+2]. The Hall–Kier alpha value is 0.423. The van der Waals surface area contributed by atoms with Crippen LogP contribution in [-0.4, -0.2) is 31.8 Å². The monoisotopic (exact) mass is 265 g/mol. The predicted octanol–water partition coefficient (Wildman–Crippen LogP) is 0.194. The van der Waals surface area contributed by atoms with Gasteiger partial charge in [-0.25, -0.2) is 4.39 Å². The van der Waals surface area contributed by atoms with Crippen molar-refractivity contribution >= 4 is 31.8 Å². The van der Waals surface area contributed by atoms with Crippen LogP contribution in [0.3, 0.4) is 0 Å². The zero-order valence-electron chi connectivity index (χ0n) is 9.39. The normalized spacial score (nSPS) is 17.4. The van der Waals surface area contributed by atoms with E-state index in [-0.39, 0.29) is 50.1 Å². The van der Waals surface area contributed by atoms with E-state index in [1.165, 1.54) is 30.5 Å². The molecule has 1 aliphatic heterocycles. The van der Waals surface area contributed by atoms with Gasteiger partial charge in [-0.2, -0.15) is 0 Å². The van der Waals surface area contributed by atoms with Crippen LogP contribution in [0.5, 0.6) is 0 Å². The standard InChI is InChI=1S/C12H15FSi.ClH.Mg/c1-14-8-6-11(7-9-14)10-2-4-12(13)5-3-10;;/h2-5,11H,1,6-9H2;1H;/q-1;;+2/p-1. The molecule has 0 spiro atoms. The Labute approximate surface area is 121 Å². The van der Waals surface area contributed by atoms with Crippen molar-refractivity contribution in [3.8, 4) is 0 Å². The van der Waals surface area contributed by atoms with E-state index >= 15 is 0 Å². The summed E-state index contributed by atoms with van der Waals surface area (Å²) >= 11 is 0. The van der Waals surface area contributed by atoms with Crippen LogP contribution in [0.1, 0.15) is 24.3 Å². The molecule has 16 heavy (non-hydrogen) atoms. The van der Waals surface area contributed by atoms with Gasteiger partial charge < -0.3 is 19.0 Å². The van der Waals surface area contributed by atoms with Gasteiger partial charge in [-0.1, -0.05) is 37.1 Å². The molecule has 83 valence electrons. The van der Waals surface area contributed by atoms with Crippen LogP contribution >= 0.6 is 0 Å². The molecule has 1 radical (unpaired) electrons. The largest absolute Gasteiger partial charge is 2.00 e. The summed E-state index contributed by atoms with van der Waals surface area (Å²) in [6.45, 7) is 4.18. The van der Waals surface area contributed by atoms with Gasteiger partial charge >= 0.3 is 23.1 Å². The molecule has 0 bridgehead atoms. The van der Waals surface area contributed by atoms with Crippen LogP contribution in [0, 0.1) is 12.4 Å². The minimum Gasteiger partial charge on any atom is -1.00 e. The van der Waals surface area contributed by atoms with Gasteiger partial charge in [0.05, 0.1) is 0 Å². The molecule has 1 aromatic rings. The second-order valence-electron chi connectivity index (χ2n) is 4.08. The first-order valence-corrected chi connectivity index (χ1v) is 7.30. The second kappa shape index (κ2) is 7.69. The van der Waals surface area contributed by atoms with Gasteiger partial charge in [0.25, 0.3) is 0 Å². The Bertz CT molecular complexity index is 296. The molecule has 2 rings (SSSR count). The third-order valence-electron chi connectivity index (χ3n) is 3.03. The predicted molar refractivity (Wildman–Crippen MR) is 64.9 cm³/mol. The first kappa shape index (κ1) is 16.4. The van der Waals surface area contributed by atoms with Crippen LogP contribution in [-0.2, 0) is 0 Å². The molecule has 1 heterocycles. The van der Waals surface area contributed by atoms with Crippen molar-refractivity contribution in [3.63, 3.8) is 0 Å². The topological polar surface area (TPSA) is 0 Å². The zero-order chi connectivity index (χ0) is 9.97. The molecule has 4 heteroatoms. The van der Waals surface area contributed by atoms with Crippen molar-refractivity contribution < 1.29 is 16.8 Å².